The van der Waals surface area contributed by atoms with Gasteiger partial charge in [-0.15, -0.1) is 0 Å². The number of nitrogens with one attached hydrogen (secondary N) is 2. The number of urea groups is 1. The van der Waals surface area contributed by atoms with Crippen molar-refractivity contribution in [3.8, 4) is 17.0 Å². The zero-order chi connectivity index (χ0) is 25.2. The van der Waals surface area contributed by atoms with E-state index in [1.165, 1.54) is 0 Å². The van der Waals surface area contributed by atoms with Crippen molar-refractivity contribution in [1.82, 2.24) is 19.4 Å². The molecule has 6 rings (SSSR count). The van der Waals surface area contributed by atoms with Crippen molar-refractivity contribution in [3.05, 3.63) is 60.4 Å². The van der Waals surface area contributed by atoms with Crippen LogP contribution in [0.25, 0.3) is 26.4 Å². The average molecular weight is 519 g/mol. The molecule has 0 aliphatic carbocycles. The van der Waals surface area contributed by atoms with Gasteiger partial charge in [0.05, 0.1) is 34.8 Å². The lowest BCUT2D eigenvalue weighted by molar-refractivity contribution is 0.0322. The Balaban J connectivity index is 1.10. The van der Waals surface area contributed by atoms with E-state index in [0.29, 0.717) is 23.9 Å². The van der Waals surface area contributed by atoms with Crippen LogP contribution in [0.2, 0.25) is 0 Å². The fourth-order valence-corrected chi connectivity index (χ4v) is 5.28. The standard InChI is InChI=1S/C26H26N6O4S/c1-17-14-24(36-30-17)29-25(33)27-19-4-2-18(3-5-19)21-16-32-22-7-6-20(15-23(22)37-26(32)28-21)35-13-10-31-8-11-34-12-9-31/h2-7,14-16H,8-13H2,1H3,(H2,27,29,33). The third kappa shape index (κ3) is 5.29. The smallest absolute Gasteiger partial charge is 0.326 e. The summed E-state index contributed by atoms with van der Waals surface area (Å²) in [5, 5.41) is 9.14. The Hall–Kier alpha value is -3.93. The lowest BCUT2D eigenvalue weighted by atomic mass is 10.1. The predicted molar refractivity (Wildman–Crippen MR) is 143 cm³/mol. The zero-order valence-corrected chi connectivity index (χ0v) is 21.1. The molecule has 2 aromatic carbocycles. The molecule has 11 heteroatoms. The SMILES string of the molecule is Cc1cc(NC(=O)Nc2ccc(-c3cn4c(n3)sc3cc(OCCN5CCOCC5)ccc34)cc2)on1. The molecule has 5 aromatic rings. The highest BCUT2D eigenvalue weighted by Gasteiger charge is 2.13. The summed E-state index contributed by atoms with van der Waals surface area (Å²) in [6, 6.07) is 15.0. The summed E-state index contributed by atoms with van der Waals surface area (Å²) in [6.45, 7) is 6.87. The van der Waals surface area contributed by atoms with E-state index in [9.17, 15) is 4.79 Å². The number of ether oxygens (including phenoxy) is 2. The lowest BCUT2D eigenvalue weighted by Gasteiger charge is -2.26. The molecular weight excluding hydrogens is 492 g/mol. The van der Waals surface area contributed by atoms with Gasteiger partial charge in [-0.2, -0.15) is 0 Å². The quantitative estimate of drug-likeness (QED) is 0.317. The lowest BCUT2D eigenvalue weighted by Crippen LogP contribution is -2.38. The van der Waals surface area contributed by atoms with Crippen molar-refractivity contribution in [1.29, 1.82) is 0 Å². The van der Waals surface area contributed by atoms with E-state index >= 15 is 0 Å². The molecule has 4 heterocycles. The number of aromatic nitrogens is 3. The Kier molecular flexibility index (Phi) is 6.47. The summed E-state index contributed by atoms with van der Waals surface area (Å²) in [6.07, 6.45) is 2.04. The second-order valence-electron chi connectivity index (χ2n) is 8.80. The van der Waals surface area contributed by atoms with Gasteiger partial charge in [0.15, 0.2) is 4.96 Å². The molecule has 0 unspecified atom stereocenters. The van der Waals surface area contributed by atoms with Crippen molar-refractivity contribution >= 4 is 44.1 Å². The van der Waals surface area contributed by atoms with Crippen LogP contribution in [0.15, 0.2) is 59.3 Å². The van der Waals surface area contributed by atoms with Crippen LogP contribution in [-0.4, -0.2) is 64.9 Å². The molecule has 0 atom stereocenters. The number of thiazole rings is 1. The number of imidazole rings is 1. The summed E-state index contributed by atoms with van der Waals surface area (Å²) in [5.41, 5.74) is 4.28. The highest BCUT2D eigenvalue weighted by molar-refractivity contribution is 7.23. The first-order chi connectivity index (χ1) is 18.1. The van der Waals surface area contributed by atoms with Gasteiger partial charge in [-0.1, -0.05) is 28.6 Å². The van der Waals surface area contributed by atoms with Gasteiger partial charge in [-0.05, 0) is 37.3 Å². The van der Waals surface area contributed by atoms with Crippen LogP contribution in [0.4, 0.5) is 16.4 Å². The predicted octanol–water partition coefficient (Wildman–Crippen LogP) is 4.87. The molecule has 190 valence electrons. The molecule has 0 saturated carbocycles. The van der Waals surface area contributed by atoms with Gasteiger partial charge in [-0.3, -0.25) is 14.6 Å². The second kappa shape index (κ2) is 10.2. The Morgan fingerprint density at radius 1 is 1.11 bits per heavy atom. The molecule has 3 aromatic heterocycles. The minimum absolute atomic E-state index is 0.295. The van der Waals surface area contributed by atoms with Crippen LogP contribution in [0, 0.1) is 6.92 Å². The number of nitrogens with zero attached hydrogens (tertiary/aromatic N) is 4. The average Bonchev–Trinajstić information content (AvgIpc) is 3.59. The van der Waals surface area contributed by atoms with E-state index in [1.54, 1.807) is 24.3 Å². The van der Waals surface area contributed by atoms with Crippen molar-refractivity contribution in [3.63, 3.8) is 0 Å². The maximum Gasteiger partial charge on any atom is 0.326 e. The van der Waals surface area contributed by atoms with E-state index < -0.39 is 6.03 Å². The van der Waals surface area contributed by atoms with Gasteiger partial charge in [-0.25, -0.2) is 9.78 Å². The summed E-state index contributed by atoms with van der Waals surface area (Å²) in [5.74, 6) is 1.17. The number of carbonyl (C=O) groups is 1. The van der Waals surface area contributed by atoms with Crippen molar-refractivity contribution in [2.75, 3.05) is 50.1 Å². The molecular formula is C26H26N6O4S. The molecule has 1 aliphatic rings. The number of rotatable bonds is 7. The van der Waals surface area contributed by atoms with E-state index in [2.05, 4.69) is 37.2 Å². The third-order valence-corrected chi connectivity index (χ3v) is 7.17. The van der Waals surface area contributed by atoms with Crippen LogP contribution in [0.1, 0.15) is 5.69 Å². The summed E-state index contributed by atoms with van der Waals surface area (Å²) >= 11 is 1.63. The molecule has 2 N–H and O–H groups in total. The van der Waals surface area contributed by atoms with Crippen molar-refractivity contribution in [2.24, 2.45) is 0 Å². The van der Waals surface area contributed by atoms with Crippen molar-refractivity contribution in [2.45, 2.75) is 6.92 Å². The zero-order valence-electron chi connectivity index (χ0n) is 20.3. The second-order valence-corrected chi connectivity index (χ2v) is 9.81. The van der Waals surface area contributed by atoms with Crippen LogP contribution >= 0.6 is 11.3 Å². The van der Waals surface area contributed by atoms with Gasteiger partial charge in [0.1, 0.15) is 12.4 Å². The summed E-state index contributed by atoms with van der Waals surface area (Å²) < 4.78 is 19.6. The molecule has 1 fully saturated rings. The fourth-order valence-electron chi connectivity index (χ4n) is 4.25. The van der Waals surface area contributed by atoms with E-state index in [-0.39, 0.29) is 0 Å². The number of carbonyl (C=O) groups excluding carboxylic acids is 1. The largest absolute Gasteiger partial charge is 0.492 e. The number of morpholine rings is 1. The van der Waals surface area contributed by atoms with Gasteiger partial charge in [0, 0.05) is 43.1 Å². The third-order valence-electron chi connectivity index (χ3n) is 6.15. The minimum Gasteiger partial charge on any atom is -0.492 e. The number of amides is 2. The Morgan fingerprint density at radius 2 is 1.95 bits per heavy atom. The number of anilines is 2. The monoisotopic (exact) mass is 518 g/mol. The minimum atomic E-state index is -0.401. The highest BCUT2D eigenvalue weighted by atomic mass is 32.1. The van der Waals surface area contributed by atoms with E-state index in [4.69, 9.17) is 19.0 Å². The molecule has 2 amide bonds. The maximum absolute atomic E-state index is 12.2. The number of fused-ring (bicyclic) bond motifs is 3. The van der Waals surface area contributed by atoms with Gasteiger partial charge < -0.3 is 19.3 Å². The van der Waals surface area contributed by atoms with Gasteiger partial charge >= 0.3 is 6.03 Å². The molecule has 0 bridgehead atoms. The Bertz CT molecular complexity index is 1530. The van der Waals surface area contributed by atoms with Crippen LogP contribution in [0.3, 0.4) is 0 Å². The summed E-state index contributed by atoms with van der Waals surface area (Å²) in [7, 11) is 0. The number of hydrogen-bond donors (Lipinski definition) is 2. The first kappa shape index (κ1) is 23.5. The maximum atomic E-state index is 12.2. The van der Waals surface area contributed by atoms with Crippen LogP contribution < -0.4 is 15.4 Å². The van der Waals surface area contributed by atoms with Crippen molar-refractivity contribution < 1.29 is 18.8 Å². The number of benzene rings is 2. The van der Waals surface area contributed by atoms with Crippen LogP contribution in [0.5, 0.6) is 5.75 Å². The Labute approximate surface area is 216 Å². The number of hydrogen-bond acceptors (Lipinski definition) is 8. The first-order valence-corrected chi connectivity index (χ1v) is 12.9. The fraction of sp³-hybridized carbons (Fsp3) is 0.269. The van der Waals surface area contributed by atoms with Gasteiger partial charge in [0.2, 0.25) is 5.88 Å². The molecule has 1 saturated heterocycles. The molecule has 1 aliphatic heterocycles. The molecule has 10 nitrogen and oxygen atoms in total. The molecule has 0 spiro atoms. The van der Waals surface area contributed by atoms with E-state index in [1.807, 2.05) is 36.5 Å². The van der Waals surface area contributed by atoms with Gasteiger partial charge in [0.25, 0.3) is 0 Å². The highest BCUT2D eigenvalue weighted by Crippen LogP contribution is 2.32. The first-order valence-electron chi connectivity index (χ1n) is 12.1. The number of aryl methyl sites for hydroxylation is 1. The van der Waals surface area contributed by atoms with E-state index in [0.717, 1.165) is 65.0 Å². The topological polar surface area (TPSA) is 106 Å². The molecule has 0 radical (unpaired) electrons. The normalized spacial score (nSPS) is 14.3. The Morgan fingerprint density at radius 3 is 2.73 bits per heavy atom. The van der Waals surface area contributed by atoms with Crippen LogP contribution in [-0.2, 0) is 4.74 Å². The molecule has 37 heavy (non-hydrogen) atoms. The summed E-state index contributed by atoms with van der Waals surface area (Å²) in [4.78, 5) is 20.3.